The van der Waals surface area contributed by atoms with E-state index in [1.54, 1.807) is 6.07 Å². The van der Waals surface area contributed by atoms with Gasteiger partial charge in [0, 0.05) is 0 Å². The first-order valence-electron chi connectivity index (χ1n) is 5.91. The van der Waals surface area contributed by atoms with Crippen molar-refractivity contribution in [3.8, 4) is 11.5 Å². The molecular formula is C13H16O4S. The number of hydrogen-bond donors (Lipinski definition) is 1. The minimum Gasteiger partial charge on any atom is -0.493 e. The fraction of sp³-hybridized carbons (Fsp3) is 0.462. The smallest absolute Gasteiger partial charge is 0.340 e. The predicted octanol–water partition coefficient (Wildman–Crippen LogP) is 2.83. The Morgan fingerprint density at radius 2 is 2.39 bits per heavy atom. The van der Waals surface area contributed by atoms with E-state index in [9.17, 15) is 9.90 Å². The third kappa shape index (κ3) is 2.27. The Labute approximate surface area is 110 Å². The molecule has 1 aliphatic rings. The zero-order valence-corrected chi connectivity index (χ0v) is 11.3. The van der Waals surface area contributed by atoms with Crippen LogP contribution in [0.4, 0.5) is 0 Å². The Morgan fingerprint density at radius 1 is 1.61 bits per heavy atom. The summed E-state index contributed by atoms with van der Waals surface area (Å²) in [5, 5.41) is 9.36. The van der Waals surface area contributed by atoms with Gasteiger partial charge in [-0.2, -0.15) is 0 Å². The van der Waals surface area contributed by atoms with Crippen molar-refractivity contribution >= 4 is 17.7 Å². The van der Waals surface area contributed by atoms with Gasteiger partial charge in [0.15, 0.2) is 0 Å². The van der Waals surface area contributed by atoms with Crippen LogP contribution in [-0.4, -0.2) is 30.5 Å². The van der Waals surface area contributed by atoms with E-state index >= 15 is 0 Å². The van der Waals surface area contributed by atoms with E-state index in [0.717, 1.165) is 24.2 Å². The largest absolute Gasteiger partial charge is 0.493 e. The molecule has 0 amide bonds. The second-order valence-corrected chi connectivity index (χ2v) is 4.78. The maximum atomic E-state index is 11.4. The topological polar surface area (TPSA) is 55.8 Å². The third-order valence-electron chi connectivity index (χ3n) is 2.83. The monoisotopic (exact) mass is 268 g/mol. The highest BCUT2D eigenvalue weighted by atomic mass is 32.2. The van der Waals surface area contributed by atoms with Crippen LogP contribution in [0.5, 0.6) is 11.5 Å². The van der Waals surface area contributed by atoms with Gasteiger partial charge in [-0.15, -0.1) is 11.8 Å². The molecule has 0 saturated heterocycles. The lowest BCUT2D eigenvalue weighted by atomic mass is 10.0. The van der Waals surface area contributed by atoms with Crippen LogP contribution < -0.4 is 9.47 Å². The summed E-state index contributed by atoms with van der Waals surface area (Å²) >= 11 is 1.39. The fourth-order valence-corrected chi connectivity index (χ4v) is 2.88. The van der Waals surface area contributed by atoms with Crippen LogP contribution in [-0.2, 0) is 6.42 Å². The first-order chi connectivity index (χ1) is 8.69. The average Bonchev–Trinajstić information content (AvgIpc) is 2.37. The minimum absolute atomic E-state index is 0.213. The summed E-state index contributed by atoms with van der Waals surface area (Å²) in [4.78, 5) is 12.1. The average molecular weight is 268 g/mol. The predicted molar refractivity (Wildman–Crippen MR) is 70.2 cm³/mol. The van der Waals surface area contributed by atoms with Gasteiger partial charge in [-0.1, -0.05) is 0 Å². The van der Waals surface area contributed by atoms with Crippen LogP contribution in [0.15, 0.2) is 11.0 Å². The number of rotatable bonds is 4. The number of hydrogen-bond acceptors (Lipinski definition) is 4. The van der Waals surface area contributed by atoms with Crippen molar-refractivity contribution in [2.45, 2.75) is 24.7 Å². The first-order valence-corrected chi connectivity index (χ1v) is 7.14. The molecule has 0 spiro atoms. The summed E-state index contributed by atoms with van der Waals surface area (Å²) in [5.74, 6) is 0.188. The Morgan fingerprint density at radius 3 is 3.00 bits per heavy atom. The molecule has 18 heavy (non-hydrogen) atoms. The number of fused-ring (bicyclic) bond motifs is 1. The van der Waals surface area contributed by atoms with Gasteiger partial charge in [-0.3, -0.25) is 0 Å². The SMILES string of the molecule is CCOc1cc2c(c(SC)c1C(=O)O)OCCC2. The van der Waals surface area contributed by atoms with Crippen molar-refractivity contribution in [3.05, 3.63) is 17.2 Å². The molecule has 5 heteroatoms. The van der Waals surface area contributed by atoms with Crippen molar-refractivity contribution in [2.75, 3.05) is 19.5 Å². The van der Waals surface area contributed by atoms with Crippen LogP contribution in [0.25, 0.3) is 0 Å². The molecule has 2 rings (SSSR count). The van der Waals surface area contributed by atoms with E-state index in [4.69, 9.17) is 9.47 Å². The van der Waals surface area contributed by atoms with Gasteiger partial charge in [0.1, 0.15) is 17.1 Å². The molecule has 0 radical (unpaired) electrons. The molecule has 4 nitrogen and oxygen atoms in total. The first kappa shape index (κ1) is 13.1. The summed E-state index contributed by atoms with van der Waals surface area (Å²) in [6, 6.07) is 1.81. The molecule has 1 aliphatic heterocycles. The van der Waals surface area contributed by atoms with Crippen LogP contribution >= 0.6 is 11.8 Å². The lowest BCUT2D eigenvalue weighted by molar-refractivity contribution is 0.0687. The number of carboxylic acid groups (broad SMARTS) is 1. The normalized spacial score (nSPS) is 13.7. The number of aromatic carboxylic acids is 1. The Bertz CT molecular complexity index is 471. The molecule has 98 valence electrons. The molecule has 0 atom stereocenters. The number of benzene rings is 1. The van der Waals surface area contributed by atoms with Crippen molar-refractivity contribution < 1.29 is 19.4 Å². The molecule has 1 N–H and O–H groups in total. The maximum absolute atomic E-state index is 11.4. The van der Waals surface area contributed by atoms with Gasteiger partial charge < -0.3 is 14.6 Å². The fourth-order valence-electron chi connectivity index (χ4n) is 2.11. The van der Waals surface area contributed by atoms with Gasteiger partial charge in [0.05, 0.1) is 18.1 Å². The van der Waals surface area contributed by atoms with E-state index in [2.05, 4.69) is 0 Å². The molecule has 1 aromatic carbocycles. The Hall–Kier alpha value is -1.36. The van der Waals surface area contributed by atoms with Crippen molar-refractivity contribution in [2.24, 2.45) is 0 Å². The molecule has 0 fully saturated rings. The molecule has 0 bridgehead atoms. The Balaban J connectivity index is 2.63. The number of carboxylic acids is 1. The van der Waals surface area contributed by atoms with E-state index in [-0.39, 0.29) is 5.56 Å². The highest BCUT2D eigenvalue weighted by Gasteiger charge is 2.25. The molecule has 0 saturated carbocycles. The van der Waals surface area contributed by atoms with Crippen molar-refractivity contribution in [1.82, 2.24) is 0 Å². The maximum Gasteiger partial charge on any atom is 0.340 e. The quantitative estimate of drug-likeness (QED) is 0.851. The summed E-state index contributed by atoms with van der Waals surface area (Å²) in [7, 11) is 0. The lowest BCUT2D eigenvalue weighted by Gasteiger charge is -2.22. The molecule has 1 heterocycles. The summed E-state index contributed by atoms with van der Waals surface area (Å²) in [5.41, 5.74) is 1.25. The summed E-state index contributed by atoms with van der Waals surface area (Å²) in [6.07, 6.45) is 3.72. The van der Waals surface area contributed by atoms with Gasteiger partial charge in [0.25, 0.3) is 0 Å². The van der Waals surface area contributed by atoms with Crippen LogP contribution in [0.3, 0.4) is 0 Å². The van der Waals surface area contributed by atoms with Gasteiger partial charge >= 0.3 is 5.97 Å². The second-order valence-electron chi connectivity index (χ2n) is 3.96. The highest BCUT2D eigenvalue weighted by molar-refractivity contribution is 7.98. The molecule has 0 aliphatic carbocycles. The standard InChI is InChI=1S/C13H16O4S/c1-3-16-9-7-8-5-4-6-17-11(8)12(18-2)10(9)13(14)15/h7H,3-6H2,1-2H3,(H,14,15). The molecule has 0 aromatic heterocycles. The number of carbonyl (C=O) groups is 1. The van der Waals surface area contributed by atoms with E-state index in [1.165, 1.54) is 11.8 Å². The van der Waals surface area contributed by atoms with Gasteiger partial charge in [0.2, 0.25) is 0 Å². The summed E-state index contributed by atoms with van der Waals surface area (Å²) < 4.78 is 11.1. The zero-order valence-electron chi connectivity index (χ0n) is 10.5. The van der Waals surface area contributed by atoms with Crippen molar-refractivity contribution in [3.63, 3.8) is 0 Å². The second kappa shape index (κ2) is 5.52. The van der Waals surface area contributed by atoms with E-state index in [0.29, 0.717) is 23.9 Å². The lowest BCUT2D eigenvalue weighted by Crippen LogP contribution is -2.13. The van der Waals surface area contributed by atoms with Crippen LogP contribution in [0.1, 0.15) is 29.3 Å². The van der Waals surface area contributed by atoms with E-state index in [1.807, 2.05) is 13.2 Å². The zero-order chi connectivity index (χ0) is 13.1. The van der Waals surface area contributed by atoms with Crippen LogP contribution in [0, 0.1) is 0 Å². The number of ether oxygens (including phenoxy) is 2. The molecule has 0 unspecified atom stereocenters. The van der Waals surface area contributed by atoms with Gasteiger partial charge in [-0.25, -0.2) is 4.79 Å². The Kier molecular flexibility index (Phi) is 4.01. The van der Waals surface area contributed by atoms with E-state index < -0.39 is 5.97 Å². The van der Waals surface area contributed by atoms with Crippen molar-refractivity contribution in [1.29, 1.82) is 0 Å². The minimum atomic E-state index is -0.972. The third-order valence-corrected chi connectivity index (χ3v) is 3.63. The molecule has 1 aromatic rings. The number of thioether (sulfide) groups is 1. The van der Waals surface area contributed by atoms with Gasteiger partial charge in [-0.05, 0) is 37.7 Å². The highest BCUT2D eigenvalue weighted by Crippen LogP contribution is 2.42. The molecular weight excluding hydrogens is 252 g/mol. The summed E-state index contributed by atoms with van der Waals surface area (Å²) in [6.45, 7) is 2.95. The van der Waals surface area contributed by atoms with Crippen LogP contribution in [0.2, 0.25) is 0 Å². The number of aryl methyl sites for hydroxylation is 1.